The van der Waals surface area contributed by atoms with E-state index in [1.807, 2.05) is 14.1 Å². The third-order valence-corrected chi connectivity index (χ3v) is 2.77. The second kappa shape index (κ2) is 5.49. The van der Waals surface area contributed by atoms with Gasteiger partial charge in [-0.15, -0.1) is 0 Å². The van der Waals surface area contributed by atoms with E-state index in [9.17, 15) is 0 Å². The summed E-state index contributed by atoms with van der Waals surface area (Å²) in [6.45, 7) is 2.93. The lowest BCUT2D eigenvalue weighted by Crippen LogP contribution is -2.18. The molecular formula is C14H18N4. The van der Waals surface area contributed by atoms with Crippen molar-refractivity contribution in [2.45, 2.75) is 13.5 Å². The molecule has 1 heterocycles. The van der Waals surface area contributed by atoms with Gasteiger partial charge in [0.25, 0.3) is 0 Å². The molecule has 0 amide bonds. The molecular weight excluding hydrogens is 224 g/mol. The minimum Gasteiger partial charge on any atom is -0.372 e. The van der Waals surface area contributed by atoms with E-state index in [1.54, 1.807) is 12.4 Å². The Hall–Kier alpha value is -2.10. The highest BCUT2D eigenvalue weighted by atomic mass is 15.2. The van der Waals surface area contributed by atoms with E-state index < -0.39 is 0 Å². The zero-order chi connectivity index (χ0) is 13.0. The summed E-state index contributed by atoms with van der Waals surface area (Å²) >= 11 is 0. The van der Waals surface area contributed by atoms with Gasteiger partial charge in [0.1, 0.15) is 11.6 Å². The number of hydrogen-bond acceptors (Lipinski definition) is 4. The Bertz CT molecular complexity index is 525. The summed E-state index contributed by atoms with van der Waals surface area (Å²) in [5, 5.41) is 2.99. The number of anilines is 2. The Kier molecular flexibility index (Phi) is 3.77. The first-order valence-corrected chi connectivity index (χ1v) is 5.95. The van der Waals surface area contributed by atoms with Gasteiger partial charge < -0.3 is 10.2 Å². The SMILES string of the molecule is CNc1cncc(N(C)Cc2cccc(C)c2)n1. The van der Waals surface area contributed by atoms with Crippen LogP contribution in [0.5, 0.6) is 0 Å². The van der Waals surface area contributed by atoms with Crippen molar-refractivity contribution < 1.29 is 0 Å². The molecule has 0 aliphatic rings. The van der Waals surface area contributed by atoms with Gasteiger partial charge in [-0.3, -0.25) is 4.98 Å². The molecule has 0 radical (unpaired) electrons. The standard InChI is InChI=1S/C14H18N4/c1-11-5-4-6-12(7-11)10-18(3)14-9-16-8-13(15-2)17-14/h4-9H,10H2,1-3H3,(H,15,17). The molecule has 2 aromatic rings. The number of rotatable bonds is 4. The molecule has 0 unspecified atom stereocenters. The largest absolute Gasteiger partial charge is 0.372 e. The molecule has 94 valence electrons. The second-order valence-electron chi connectivity index (χ2n) is 4.36. The number of aromatic nitrogens is 2. The zero-order valence-corrected chi connectivity index (χ0v) is 11.0. The molecule has 4 nitrogen and oxygen atoms in total. The topological polar surface area (TPSA) is 41.1 Å². The van der Waals surface area contributed by atoms with Crippen LogP contribution >= 0.6 is 0 Å². The van der Waals surface area contributed by atoms with Crippen molar-refractivity contribution in [2.75, 3.05) is 24.3 Å². The lowest BCUT2D eigenvalue weighted by atomic mass is 10.1. The molecule has 0 bridgehead atoms. The first-order valence-electron chi connectivity index (χ1n) is 5.95. The lowest BCUT2D eigenvalue weighted by Gasteiger charge is -2.18. The van der Waals surface area contributed by atoms with Crippen LogP contribution in [-0.2, 0) is 6.54 Å². The monoisotopic (exact) mass is 242 g/mol. The summed E-state index contributed by atoms with van der Waals surface area (Å²) < 4.78 is 0. The van der Waals surface area contributed by atoms with Crippen LogP contribution < -0.4 is 10.2 Å². The number of nitrogens with one attached hydrogen (secondary N) is 1. The zero-order valence-electron chi connectivity index (χ0n) is 11.0. The molecule has 0 atom stereocenters. The van der Waals surface area contributed by atoms with Gasteiger partial charge in [0.2, 0.25) is 0 Å². The van der Waals surface area contributed by atoms with Crippen LogP contribution in [0.25, 0.3) is 0 Å². The Labute approximate surface area is 108 Å². The van der Waals surface area contributed by atoms with E-state index in [1.165, 1.54) is 11.1 Å². The first-order chi connectivity index (χ1) is 8.69. The Morgan fingerprint density at radius 1 is 1.28 bits per heavy atom. The fraction of sp³-hybridized carbons (Fsp3) is 0.286. The van der Waals surface area contributed by atoms with Gasteiger partial charge in [0, 0.05) is 20.6 Å². The van der Waals surface area contributed by atoms with Crippen LogP contribution in [0.15, 0.2) is 36.7 Å². The molecule has 0 aliphatic heterocycles. The predicted octanol–water partition coefficient (Wildman–Crippen LogP) is 2.46. The minimum atomic E-state index is 0.781. The van der Waals surface area contributed by atoms with Crippen LogP contribution in [0.1, 0.15) is 11.1 Å². The number of benzene rings is 1. The average molecular weight is 242 g/mol. The molecule has 0 saturated heterocycles. The smallest absolute Gasteiger partial charge is 0.149 e. The summed E-state index contributed by atoms with van der Waals surface area (Å²) in [4.78, 5) is 10.7. The summed E-state index contributed by atoms with van der Waals surface area (Å²) in [5.74, 6) is 1.65. The van der Waals surface area contributed by atoms with Crippen LogP contribution in [0.4, 0.5) is 11.6 Å². The fourth-order valence-electron chi connectivity index (χ4n) is 1.83. The van der Waals surface area contributed by atoms with E-state index in [0.717, 1.165) is 18.2 Å². The highest BCUT2D eigenvalue weighted by Crippen LogP contribution is 2.14. The van der Waals surface area contributed by atoms with E-state index in [4.69, 9.17) is 0 Å². The Morgan fingerprint density at radius 3 is 2.83 bits per heavy atom. The van der Waals surface area contributed by atoms with Gasteiger partial charge in [-0.1, -0.05) is 29.8 Å². The molecule has 0 aliphatic carbocycles. The van der Waals surface area contributed by atoms with Crippen molar-refractivity contribution in [3.63, 3.8) is 0 Å². The van der Waals surface area contributed by atoms with E-state index in [0.29, 0.717) is 0 Å². The molecule has 1 aromatic heterocycles. The quantitative estimate of drug-likeness (QED) is 0.894. The maximum atomic E-state index is 4.46. The molecule has 1 N–H and O–H groups in total. The maximum Gasteiger partial charge on any atom is 0.149 e. The third kappa shape index (κ3) is 2.97. The minimum absolute atomic E-state index is 0.781. The van der Waals surface area contributed by atoms with Gasteiger partial charge in [0.05, 0.1) is 12.4 Å². The van der Waals surface area contributed by atoms with Crippen molar-refractivity contribution in [3.05, 3.63) is 47.8 Å². The molecule has 4 heteroatoms. The number of hydrogen-bond donors (Lipinski definition) is 1. The molecule has 18 heavy (non-hydrogen) atoms. The first kappa shape index (κ1) is 12.4. The number of nitrogens with zero attached hydrogens (tertiary/aromatic N) is 3. The maximum absolute atomic E-state index is 4.46. The highest BCUT2D eigenvalue weighted by Gasteiger charge is 2.05. The van der Waals surface area contributed by atoms with Crippen molar-refractivity contribution in [2.24, 2.45) is 0 Å². The molecule has 0 spiro atoms. The van der Waals surface area contributed by atoms with E-state index in [-0.39, 0.29) is 0 Å². The van der Waals surface area contributed by atoms with Gasteiger partial charge in [-0.05, 0) is 12.5 Å². The van der Waals surface area contributed by atoms with Crippen molar-refractivity contribution in [1.82, 2.24) is 9.97 Å². The van der Waals surface area contributed by atoms with Crippen molar-refractivity contribution in [1.29, 1.82) is 0 Å². The predicted molar refractivity (Wildman–Crippen MR) is 74.9 cm³/mol. The molecule has 1 aromatic carbocycles. The van der Waals surface area contributed by atoms with Crippen LogP contribution in [0.2, 0.25) is 0 Å². The lowest BCUT2D eigenvalue weighted by molar-refractivity contribution is 0.890. The van der Waals surface area contributed by atoms with Gasteiger partial charge in [0.15, 0.2) is 0 Å². The summed E-state index contributed by atoms with van der Waals surface area (Å²) in [5.41, 5.74) is 2.55. The third-order valence-electron chi connectivity index (χ3n) is 2.77. The summed E-state index contributed by atoms with van der Waals surface area (Å²) in [6.07, 6.45) is 3.49. The fourth-order valence-corrected chi connectivity index (χ4v) is 1.83. The number of aryl methyl sites for hydroxylation is 1. The van der Waals surface area contributed by atoms with E-state index >= 15 is 0 Å². The van der Waals surface area contributed by atoms with Crippen LogP contribution in [0, 0.1) is 6.92 Å². The van der Waals surface area contributed by atoms with Crippen LogP contribution in [0.3, 0.4) is 0 Å². The molecule has 0 saturated carbocycles. The van der Waals surface area contributed by atoms with Gasteiger partial charge >= 0.3 is 0 Å². The summed E-state index contributed by atoms with van der Waals surface area (Å²) in [6, 6.07) is 8.49. The Balaban J connectivity index is 2.13. The van der Waals surface area contributed by atoms with E-state index in [2.05, 4.69) is 51.4 Å². The second-order valence-corrected chi connectivity index (χ2v) is 4.36. The van der Waals surface area contributed by atoms with Crippen molar-refractivity contribution >= 4 is 11.6 Å². The average Bonchev–Trinajstić information content (AvgIpc) is 2.39. The summed E-state index contributed by atoms with van der Waals surface area (Å²) in [7, 11) is 3.86. The van der Waals surface area contributed by atoms with Gasteiger partial charge in [-0.25, -0.2) is 4.98 Å². The molecule has 0 fully saturated rings. The van der Waals surface area contributed by atoms with Crippen LogP contribution in [-0.4, -0.2) is 24.1 Å². The normalized spacial score (nSPS) is 10.2. The van der Waals surface area contributed by atoms with Crippen molar-refractivity contribution in [3.8, 4) is 0 Å². The highest BCUT2D eigenvalue weighted by molar-refractivity contribution is 5.43. The van der Waals surface area contributed by atoms with Gasteiger partial charge in [-0.2, -0.15) is 0 Å². The molecule has 2 rings (SSSR count). The Morgan fingerprint density at radius 2 is 2.11 bits per heavy atom.